The fraction of sp³-hybridized carbons (Fsp3) is 0.500. The minimum atomic E-state index is -0.457. The van der Waals surface area contributed by atoms with E-state index in [1.165, 1.54) is 0 Å². The number of aryl methyl sites for hydroxylation is 1. The summed E-state index contributed by atoms with van der Waals surface area (Å²) in [6.45, 7) is 10.4. The van der Waals surface area contributed by atoms with E-state index >= 15 is 0 Å². The second-order valence-corrected chi connectivity index (χ2v) is 6.55. The van der Waals surface area contributed by atoms with Crippen LogP contribution in [0, 0.1) is 6.92 Å². The molecule has 0 aromatic heterocycles. The zero-order valence-electron chi connectivity index (χ0n) is 13.4. The highest BCUT2D eigenvalue weighted by Gasteiger charge is 2.52. The van der Waals surface area contributed by atoms with Crippen molar-refractivity contribution in [3.05, 3.63) is 34.8 Å². The molecule has 5 heteroatoms. The first-order valence-electron chi connectivity index (χ1n) is 7.22. The van der Waals surface area contributed by atoms with Crippen molar-refractivity contribution in [2.24, 2.45) is 5.73 Å². The molecule has 1 heterocycles. The number of hydrogen-bond acceptors (Lipinski definition) is 4. The quantitative estimate of drug-likeness (QED) is 0.840. The van der Waals surface area contributed by atoms with E-state index in [1.807, 2.05) is 46.8 Å². The Kier molecular flexibility index (Phi) is 4.20. The first kappa shape index (κ1) is 16.1. The molecule has 0 atom stereocenters. The standard InChI is InChI=1S/C16H24BNO3/c1-11-6-7-14(19)9-12(11)8-13(10-18)17-20-15(2,3)16(4,5)21-17/h6-9,19H,10,18H2,1-5H3. The maximum atomic E-state index is 9.63. The molecule has 0 bridgehead atoms. The lowest BCUT2D eigenvalue weighted by atomic mass is 9.77. The fourth-order valence-electron chi connectivity index (χ4n) is 2.20. The van der Waals surface area contributed by atoms with Crippen molar-refractivity contribution in [3.63, 3.8) is 0 Å². The minimum Gasteiger partial charge on any atom is -0.508 e. The summed E-state index contributed by atoms with van der Waals surface area (Å²) in [5.74, 6) is 0.233. The van der Waals surface area contributed by atoms with E-state index in [0.29, 0.717) is 6.54 Å². The van der Waals surface area contributed by atoms with Crippen molar-refractivity contribution in [1.82, 2.24) is 0 Å². The maximum Gasteiger partial charge on any atom is 0.491 e. The van der Waals surface area contributed by atoms with Gasteiger partial charge in [-0.05, 0) is 63.4 Å². The number of rotatable bonds is 3. The number of benzene rings is 1. The van der Waals surface area contributed by atoms with Crippen LogP contribution in [0.1, 0.15) is 38.8 Å². The summed E-state index contributed by atoms with van der Waals surface area (Å²) in [4.78, 5) is 0. The van der Waals surface area contributed by atoms with Crippen LogP contribution in [0.2, 0.25) is 0 Å². The summed E-state index contributed by atoms with van der Waals surface area (Å²) >= 11 is 0. The third-order valence-corrected chi connectivity index (χ3v) is 4.40. The van der Waals surface area contributed by atoms with Gasteiger partial charge in [0.2, 0.25) is 0 Å². The normalized spacial score (nSPS) is 20.9. The Morgan fingerprint density at radius 2 is 1.81 bits per heavy atom. The van der Waals surface area contributed by atoms with Crippen LogP contribution >= 0.6 is 0 Å². The molecule has 1 aromatic carbocycles. The molecular weight excluding hydrogens is 265 g/mol. The van der Waals surface area contributed by atoms with Crippen LogP contribution in [0.5, 0.6) is 5.75 Å². The van der Waals surface area contributed by atoms with E-state index < -0.39 is 7.12 Å². The summed E-state index contributed by atoms with van der Waals surface area (Å²) in [6.07, 6.45) is 1.94. The Morgan fingerprint density at radius 3 is 2.33 bits per heavy atom. The third-order valence-electron chi connectivity index (χ3n) is 4.40. The van der Waals surface area contributed by atoms with Gasteiger partial charge in [-0.2, -0.15) is 0 Å². The Labute approximate surface area is 127 Å². The molecule has 4 nitrogen and oxygen atoms in total. The average Bonchev–Trinajstić information content (AvgIpc) is 2.59. The average molecular weight is 289 g/mol. The van der Waals surface area contributed by atoms with Crippen LogP contribution in [-0.2, 0) is 9.31 Å². The van der Waals surface area contributed by atoms with Crippen molar-refractivity contribution in [2.75, 3.05) is 6.54 Å². The van der Waals surface area contributed by atoms with Gasteiger partial charge in [-0.1, -0.05) is 12.1 Å². The van der Waals surface area contributed by atoms with Gasteiger partial charge in [-0.25, -0.2) is 0 Å². The van der Waals surface area contributed by atoms with Crippen LogP contribution < -0.4 is 5.73 Å². The van der Waals surface area contributed by atoms with Gasteiger partial charge in [0, 0.05) is 6.54 Å². The molecular formula is C16H24BNO3. The van der Waals surface area contributed by atoms with Gasteiger partial charge in [-0.3, -0.25) is 0 Å². The van der Waals surface area contributed by atoms with E-state index in [2.05, 4.69) is 0 Å². The topological polar surface area (TPSA) is 64.7 Å². The van der Waals surface area contributed by atoms with Gasteiger partial charge in [0.25, 0.3) is 0 Å². The van der Waals surface area contributed by atoms with Crippen LogP contribution in [-0.4, -0.2) is 30.0 Å². The second-order valence-electron chi connectivity index (χ2n) is 6.55. The zero-order valence-corrected chi connectivity index (χ0v) is 13.4. The Morgan fingerprint density at radius 1 is 1.24 bits per heavy atom. The molecule has 0 aliphatic carbocycles. The van der Waals surface area contributed by atoms with Crippen LogP contribution in [0.15, 0.2) is 23.7 Å². The molecule has 0 unspecified atom stereocenters. The van der Waals surface area contributed by atoms with Crippen molar-refractivity contribution in [2.45, 2.75) is 45.8 Å². The molecule has 1 aliphatic heterocycles. The van der Waals surface area contributed by atoms with E-state index in [4.69, 9.17) is 15.0 Å². The molecule has 0 spiro atoms. The molecule has 114 valence electrons. The Bertz CT molecular complexity index is 551. The van der Waals surface area contributed by atoms with Crippen molar-refractivity contribution < 1.29 is 14.4 Å². The summed E-state index contributed by atoms with van der Waals surface area (Å²) < 4.78 is 12.1. The van der Waals surface area contributed by atoms with Crippen LogP contribution in [0.3, 0.4) is 0 Å². The summed E-state index contributed by atoms with van der Waals surface area (Å²) in [5.41, 5.74) is 7.95. The number of hydrogen-bond donors (Lipinski definition) is 2. The van der Waals surface area contributed by atoms with Crippen molar-refractivity contribution >= 4 is 13.2 Å². The van der Waals surface area contributed by atoms with Crippen LogP contribution in [0.4, 0.5) is 0 Å². The highest BCUT2D eigenvalue weighted by atomic mass is 16.7. The van der Waals surface area contributed by atoms with Gasteiger partial charge in [0.15, 0.2) is 0 Å². The molecule has 1 aromatic rings. The molecule has 0 saturated carbocycles. The highest BCUT2D eigenvalue weighted by molar-refractivity contribution is 6.55. The molecule has 0 amide bonds. The number of phenols is 1. The predicted molar refractivity (Wildman–Crippen MR) is 86.0 cm³/mol. The van der Waals surface area contributed by atoms with Gasteiger partial charge >= 0.3 is 7.12 Å². The SMILES string of the molecule is Cc1ccc(O)cc1C=C(CN)B1OC(C)(C)C(C)(C)O1. The number of aromatic hydroxyl groups is 1. The van der Waals surface area contributed by atoms with Crippen molar-refractivity contribution in [3.8, 4) is 5.75 Å². The second kappa shape index (κ2) is 5.48. The largest absolute Gasteiger partial charge is 0.508 e. The van der Waals surface area contributed by atoms with E-state index in [-0.39, 0.29) is 17.0 Å². The molecule has 1 fully saturated rings. The number of nitrogens with two attached hydrogens (primary N) is 1. The highest BCUT2D eigenvalue weighted by Crippen LogP contribution is 2.38. The summed E-state index contributed by atoms with van der Waals surface area (Å²) in [6, 6.07) is 5.26. The molecule has 1 saturated heterocycles. The van der Waals surface area contributed by atoms with E-state index in [9.17, 15) is 5.11 Å². The summed E-state index contributed by atoms with van der Waals surface area (Å²) in [7, 11) is -0.457. The Balaban J connectivity index is 2.33. The lowest BCUT2D eigenvalue weighted by Gasteiger charge is -2.32. The van der Waals surface area contributed by atoms with Crippen molar-refractivity contribution in [1.29, 1.82) is 0 Å². The van der Waals surface area contributed by atoms with E-state index in [0.717, 1.165) is 16.6 Å². The van der Waals surface area contributed by atoms with Gasteiger partial charge in [-0.15, -0.1) is 0 Å². The predicted octanol–water partition coefficient (Wildman–Crippen LogP) is 2.67. The Hall–Kier alpha value is -1.30. The first-order valence-corrected chi connectivity index (χ1v) is 7.22. The zero-order chi connectivity index (χ0) is 15.8. The lowest BCUT2D eigenvalue weighted by Crippen LogP contribution is -2.41. The smallest absolute Gasteiger partial charge is 0.491 e. The number of phenolic OH excluding ortho intramolecular Hbond substituents is 1. The first-order chi connectivity index (χ1) is 9.66. The monoisotopic (exact) mass is 289 g/mol. The molecule has 2 rings (SSSR count). The van der Waals surface area contributed by atoms with Crippen LogP contribution in [0.25, 0.3) is 6.08 Å². The lowest BCUT2D eigenvalue weighted by molar-refractivity contribution is 0.00578. The van der Waals surface area contributed by atoms with E-state index in [1.54, 1.807) is 12.1 Å². The molecule has 1 aliphatic rings. The minimum absolute atomic E-state index is 0.233. The van der Waals surface area contributed by atoms with Gasteiger partial charge in [0.1, 0.15) is 5.75 Å². The van der Waals surface area contributed by atoms with Gasteiger partial charge < -0.3 is 20.1 Å². The summed E-state index contributed by atoms with van der Waals surface area (Å²) in [5, 5.41) is 9.63. The molecule has 21 heavy (non-hydrogen) atoms. The molecule has 0 radical (unpaired) electrons. The fourth-order valence-corrected chi connectivity index (χ4v) is 2.20. The maximum absolute atomic E-state index is 9.63. The van der Waals surface area contributed by atoms with Gasteiger partial charge in [0.05, 0.1) is 11.2 Å². The molecule has 3 N–H and O–H groups in total. The third kappa shape index (κ3) is 3.15.